The first kappa shape index (κ1) is 12.2. The smallest absolute Gasteiger partial charge is 0.342 e. The normalized spacial score (nSPS) is 17.6. The van der Waals surface area contributed by atoms with Crippen molar-refractivity contribution in [2.24, 2.45) is 0 Å². The van der Waals surface area contributed by atoms with E-state index < -0.39 is 18.0 Å². The van der Waals surface area contributed by atoms with Crippen LogP contribution in [0.2, 0.25) is 0 Å². The van der Waals surface area contributed by atoms with E-state index in [2.05, 4.69) is 0 Å². The van der Waals surface area contributed by atoms with Crippen molar-refractivity contribution in [2.45, 2.75) is 13.0 Å². The van der Waals surface area contributed by atoms with E-state index in [1.807, 2.05) is 0 Å². The molecule has 5 heteroatoms. The molecular formula is C13H12O5. The van der Waals surface area contributed by atoms with E-state index in [9.17, 15) is 14.7 Å². The molecule has 5 nitrogen and oxygen atoms in total. The average Bonchev–Trinajstić information content (AvgIpc) is 2.72. The van der Waals surface area contributed by atoms with Gasteiger partial charge >= 0.3 is 11.9 Å². The SMILES string of the molecule is Cc1cccc(O)c1C(=O)OC[C@@H]1C=CC(=O)O1. The fourth-order valence-electron chi connectivity index (χ4n) is 1.65. The van der Waals surface area contributed by atoms with Gasteiger partial charge in [0.2, 0.25) is 0 Å². The summed E-state index contributed by atoms with van der Waals surface area (Å²) in [5.41, 5.74) is 0.754. The molecule has 0 radical (unpaired) electrons. The topological polar surface area (TPSA) is 72.8 Å². The summed E-state index contributed by atoms with van der Waals surface area (Å²) < 4.78 is 9.81. The second-order valence-corrected chi connectivity index (χ2v) is 3.90. The molecule has 0 saturated carbocycles. The van der Waals surface area contributed by atoms with E-state index in [4.69, 9.17) is 9.47 Å². The maximum absolute atomic E-state index is 11.8. The van der Waals surface area contributed by atoms with Crippen molar-refractivity contribution in [1.29, 1.82) is 0 Å². The molecule has 1 atom stereocenters. The zero-order valence-electron chi connectivity index (χ0n) is 9.75. The van der Waals surface area contributed by atoms with Crippen LogP contribution >= 0.6 is 0 Å². The summed E-state index contributed by atoms with van der Waals surface area (Å²) >= 11 is 0. The van der Waals surface area contributed by atoms with Crippen LogP contribution in [0.25, 0.3) is 0 Å². The van der Waals surface area contributed by atoms with Crippen molar-refractivity contribution in [1.82, 2.24) is 0 Å². The third-order valence-electron chi connectivity index (χ3n) is 2.55. The standard InChI is InChI=1S/C13H12O5/c1-8-3-2-4-10(14)12(8)13(16)17-7-9-5-6-11(15)18-9/h2-6,9,14H,7H2,1H3/t9-/m0/s1. The highest BCUT2D eigenvalue weighted by molar-refractivity contribution is 5.94. The average molecular weight is 248 g/mol. The number of aryl methyl sites for hydroxylation is 1. The number of cyclic esters (lactones) is 1. The van der Waals surface area contributed by atoms with Crippen LogP contribution in [0.15, 0.2) is 30.4 Å². The van der Waals surface area contributed by atoms with Gasteiger partial charge in [0.25, 0.3) is 0 Å². The van der Waals surface area contributed by atoms with Gasteiger partial charge in [-0.1, -0.05) is 12.1 Å². The van der Waals surface area contributed by atoms with Crippen LogP contribution in [0.3, 0.4) is 0 Å². The molecular weight excluding hydrogens is 236 g/mol. The molecule has 0 fully saturated rings. The van der Waals surface area contributed by atoms with Crippen molar-refractivity contribution in [3.63, 3.8) is 0 Å². The van der Waals surface area contributed by atoms with Crippen molar-refractivity contribution < 1.29 is 24.2 Å². The number of carbonyl (C=O) groups excluding carboxylic acids is 2. The summed E-state index contributed by atoms with van der Waals surface area (Å²) in [6.07, 6.45) is 2.25. The number of ether oxygens (including phenoxy) is 2. The van der Waals surface area contributed by atoms with Gasteiger partial charge < -0.3 is 14.6 Å². The molecule has 0 bridgehead atoms. The number of aromatic hydroxyl groups is 1. The quantitative estimate of drug-likeness (QED) is 0.817. The van der Waals surface area contributed by atoms with Gasteiger partial charge in [-0.3, -0.25) is 0 Å². The van der Waals surface area contributed by atoms with Crippen molar-refractivity contribution in [3.8, 4) is 5.75 Å². The molecule has 0 aromatic heterocycles. The Bertz CT molecular complexity index is 498. The number of hydrogen-bond donors (Lipinski definition) is 1. The summed E-state index contributed by atoms with van der Waals surface area (Å²) in [5, 5.41) is 9.60. The molecule has 0 spiro atoms. The summed E-state index contributed by atoms with van der Waals surface area (Å²) in [6, 6.07) is 4.76. The third-order valence-corrected chi connectivity index (χ3v) is 2.55. The zero-order valence-corrected chi connectivity index (χ0v) is 9.75. The lowest BCUT2D eigenvalue weighted by molar-refractivity contribution is -0.140. The van der Waals surface area contributed by atoms with Gasteiger partial charge in [0.05, 0.1) is 0 Å². The Morgan fingerprint density at radius 1 is 1.50 bits per heavy atom. The molecule has 2 rings (SSSR count). The molecule has 1 aromatic rings. The van der Waals surface area contributed by atoms with Crippen LogP contribution in [0, 0.1) is 6.92 Å². The Hall–Kier alpha value is -2.30. The number of phenols is 1. The van der Waals surface area contributed by atoms with Crippen molar-refractivity contribution in [2.75, 3.05) is 6.61 Å². The van der Waals surface area contributed by atoms with E-state index in [0.717, 1.165) is 0 Å². The second-order valence-electron chi connectivity index (χ2n) is 3.90. The van der Waals surface area contributed by atoms with E-state index >= 15 is 0 Å². The lowest BCUT2D eigenvalue weighted by Crippen LogP contribution is -2.19. The number of phenolic OH excluding ortho intramolecular Hbond substituents is 1. The lowest BCUT2D eigenvalue weighted by atomic mass is 10.1. The van der Waals surface area contributed by atoms with Crippen LogP contribution in [0.1, 0.15) is 15.9 Å². The Balaban J connectivity index is 2.00. The molecule has 94 valence electrons. The Morgan fingerprint density at radius 3 is 2.89 bits per heavy atom. The fourth-order valence-corrected chi connectivity index (χ4v) is 1.65. The van der Waals surface area contributed by atoms with E-state index in [0.29, 0.717) is 5.56 Å². The summed E-state index contributed by atoms with van der Waals surface area (Å²) in [7, 11) is 0. The molecule has 1 heterocycles. The molecule has 1 aliphatic rings. The van der Waals surface area contributed by atoms with Gasteiger partial charge in [0.1, 0.15) is 17.9 Å². The highest BCUT2D eigenvalue weighted by Crippen LogP contribution is 2.21. The number of carbonyl (C=O) groups is 2. The van der Waals surface area contributed by atoms with Crippen LogP contribution in [0.4, 0.5) is 0 Å². The van der Waals surface area contributed by atoms with Gasteiger partial charge in [-0.25, -0.2) is 9.59 Å². The van der Waals surface area contributed by atoms with Crippen molar-refractivity contribution in [3.05, 3.63) is 41.5 Å². The lowest BCUT2D eigenvalue weighted by Gasteiger charge is -2.11. The monoisotopic (exact) mass is 248 g/mol. The predicted octanol–water partition coefficient (Wildman–Crippen LogP) is 1.34. The highest BCUT2D eigenvalue weighted by atomic mass is 16.6. The van der Waals surface area contributed by atoms with Gasteiger partial charge in [-0.15, -0.1) is 0 Å². The van der Waals surface area contributed by atoms with Crippen LogP contribution in [0.5, 0.6) is 5.75 Å². The largest absolute Gasteiger partial charge is 0.507 e. The first-order chi connectivity index (χ1) is 8.58. The molecule has 0 amide bonds. The highest BCUT2D eigenvalue weighted by Gasteiger charge is 2.21. The van der Waals surface area contributed by atoms with Gasteiger partial charge in [0.15, 0.2) is 6.10 Å². The third kappa shape index (κ3) is 2.51. The molecule has 1 aliphatic heterocycles. The second kappa shape index (κ2) is 4.91. The Morgan fingerprint density at radius 2 is 2.28 bits per heavy atom. The van der Waals surface area contributed by atoms with E-state index in [-0.39, 0.29) is 17.9 Å². The van der Waals surface area contributed by atoms with E-state index in [1.54, 1.807) is 19.1 Å². The maximum Gasteiger partial charge on any atom is 0.342 e. The van der Waals surface area contributed by atoms with Crippen molar-refractivity contribution >= 4 is 11.9 Å². The minimum Gasteiger partial charge on any atom is -0.507 e. The molecule has 1 N–H and O–H groups in total. The number of benzene rings is 1. The zero-order chi connectivity index (χ0) is 13.1. The van der Waals surface area contributed by atoms with Crippen LogP contribution < -0.4 is 0 Å². The maximum atomic E-state index is 11.8. The first-order valence-corrected chi connectivity index (χ1v) is 5.42. The number of rotatable bonds is 3. The Labute approximate surface area is 104 Å². The molecule has 18 heavy (non-hydrogen) atoms. The molecule has 0 unspecified atom stereocenters. The minimum absolute atomic E-state index is 0.0607. The molecule has 0 aliphatic carbocycles. The summed E-state index contributed by atoms with van der Waals surface area (Å²) in [4.78, 5) is 22.6. The minimum atomic E-state index is -0.637. The van der Waals surface area contributed by atoms with Crippen LogP contribution in [-0.2, 0) is 14.3 Å². The van der Waals surface area contributed by atoms with E-state index in [1.165, 1.54) is 18.2 Å². The van der Waals surface area contributed by atoms with Gasteiger partial charge in [-0.2, -0.15) is 0 Å². The molecule has 0 saturated heterocycles. The summed E-state index contributed by atoms with van der Waals surface area (Å²) in [6.45, 7) is 1.64. The van der Waals surface area contributed by atoms with Crippen LogP contribution in [-0.4, -0.2) is 29.8 Å². The number of hydrogen-bond acceptors (Lipinski definition) is 5. The number of esters is 2. The van der Waals surface area contributed by atoms with Gasteiger partial charge in [-0.05, 0) is 24.6 Å². The van der Waals surface area contributed by atoms with Gasteiger partial charge in [0, 0.05) is 6.08 Å². The fraction of sp³-hybridized carbons (Fsp3) is 0.231. The predicted molar refractivity (Wildman–Crippen MR) is 62.1 cm³/mol. The summed E-state index contributed by atoms with van der Waals surface area (Å²) in [5.74, 6) is -1.21. The first-order valence-electron chi connectivity index (χ1n) is 5.42. The Kier molecular flexibility index (Phi) is 3.32. The molecule has 1 aromatic carbocycles.